The summed E-state index contributed by atoms with van der Waals surface area (Å²) in [6.45, 7) is 2.28. The van der Waals surface area contributed by atoms with Gasteiger partial charge in [-0.25, -0.2) is 8.78 Å². The van der Waals surface area contributed by atoms with Crippen molar-refractivity contribution in [3.05, 3.63) is 210 Å². The number of hydrogen-bond acceptors (Lipinski definition) is 2. The molecular weight excluding hydrogens is 677 g/mol. The minimum Gasteiger partial charge on any atom is -0.311 e. The molecule has 0 aliphatic carbocycles. The van der Waals surface area contributed by atoms with Crippen molar-refractivity contribution in [3.63, 3.8) is 0 Å². The van der Waals surface area contributed by atoms with Crippen LogP contribution in [0.25, 0.3) is 22.3 Å². The first-order valence-electron chi connectivity index (χ1n) is 18.8. The predicted octanol–water partition coefficient (Wildman–Crippen LogP) is 11.0. The number of hydrogen-bond donors (Lipinski definition) is 0. The molecule has 3 aliphatic heterocycles. The molecule has 2 nitrogen and oxygen atoms in total. The van der Waals surface area contributed by atoms with Crippen LogP contribution in [0.4, 0.5) is 42.9 Å². The molecule has 0 N–H and O–H groups in total. The van der Waals surface area contributed by atoms with Crippen molar-refractivity contribution in [3.8, 4) is 22.3 Å². The lowest BCUT2D eigenvalue weighted by molar-refractivity contribution is 0.631. The van der Waals surface area contributed by atoms with Gasteiger partial charge in [-0.15, -0.1) is 0 Å². The molecule has 0 bridgehead atoms. The van der Waals surface area contributed by atoms with Gasteiger partial charge in [-0.05, 0) is 88.5 Å². The fraction of sp³-hybridized carbons (Fsp3) is 0.0400. The number of para-hydroxylation sites is 2. The zero-order valence-corrected chi connectivity index (χ0v) is 30.0. The van der Waals surface area contributed by atoms with Gasteiger partial charge in [-0.1, -0.05) is 133 Å². The summed E-state index contributed by atoms with van der Waals surface area (Å²) >= 11 is 0. The Balaban J connectivity index is 1.28. The Hall–Kier alpha value is -6.72. The maximum absolute atomic E-state index is 15.7. The van der Waals surface area contributed by atoms with Crippen molar-refractivity contribution in [2.75, 3.05) is 9.80 Å². The van der Waals surface area contributed by atoms with Gasteiger partial charge in [0.1, 0.15) is 11.6 Å². The second-order valence-electron chi connectivity index (χ2n) is 14.8. The first-order chi connectivity index (χ1) is 27.1. The molecule has 0 amide bonds. The van der Waals surface area contributed by atoms with Crippen molar-refractivity contribution in [2.24, 2.45) is 0 Å². The molecule has 260 valence electrons. The highest BCUT2D eigenvalue weighted by Crippen LogP contribution is 2.52. The third-order valence-corrected chi connectivity index (χ3v) is 12.1. The van der Waals surface area contributed by atoms with Gasteiger partial charge in [0.2, 0.25) is 0 Å². The van der Waals surface area contributed by atoms with Crippen molar-refractivity contribution in [1.29, 1.82) is 0 Å². The van der Waals surface area contributed by atoms with Crippen molar-refractivity contribution >= 4 is 57.2 Å². The Kier molecular flexibility index (Phi) is 6.87. The van der Waals surface area contributed by atoms with E-state index in [1.165, 1.54) is 45.2 Å². The van der Waals surface area contributed by atoms with Gasteiger partial charge in [-0.2, -0.15) is 0 Å². The minimum absolute atomic E-state index is 0.0749. The van der Waals surface area contributed by atoms with Crippen molar-refractivity contribution in [2.45, 2.75) is 12.3 Å². The van der Waals surface area contributed by atoms with Gasteiger partial charge < -0.3 is 9.80 Å². The highest BCUT2D eigenvalue weighted by molar-refractivity contribution is 7.01. The number of nitrogens with zero attached hydrogens (tertiary/aromatic N) is 2. The van der Waals surface area contributed by atoms with Gasteiger partial charge in [-0.3, -0.25) is 0 Å². The zero-order chi connectivity index (χ0) is 36.8. The third kappa shape index (κ3) is 4.35. The molecule has 3 heterocycles. The second kappa shape index (κ2) is 11.9. The Bertz CT molecular complexity index is 2680. The first-order valence-corrected chi connectivity index (χ1v) is 18.8. The summed E-state index contributed by atoms with van der Waals surface area (Å²) < 4.78 is 31.4. The molecule has 3 aliphatic rings. The Morgan fingerprint density at radius 3 is 1.20 bits per heavy atom. The standard InChI is InChI=1S/C50H33BF2N2/c1-50(32-16-3-2-4-17-32)37-22-13-28-43-47(37)51-48-38(50)23-14-29-44(48)55(42-27-12-8-21-36(42)34-19-6-10-25-40(34)53)46-31-15-30-45(49(46)51)54(43)41-26-11-7-20-35(41)33-18-5-9-24-39(33)52/h2-31H,1H3. The Labute approximate surface area is 319 Å². The summed E-state index contributed by atoms with van der Waals surface area (Å²) in [6.07, 6.45) is 0. The maximum Gasteiger partial charge on any atom is 0.252 e. The second-order valence-corrected chi connectivity index (χ2v) is 14.8. The lowest BCUT2D eigenvalue weighted by atomic mass is 9.28. The summed E-state index contributed by atoms with van der Waals surface area (Å²) in [5.41, 5.74) is 15.6. The van der Waals surface area contributed by atoms with Crippen LogP contribution in [0.5, 0.6) is 0 Å². The topological polar surface area (TPSA) is 6.48 Å². The average Bonchev–Trinajstić information content (AvgIpc) is 3.23. The molecular formula is C50H33BF2N2. The Morgan fingerprint density at radius 1 is 0.364 bits per heavy atom. The maximum atomic E-state index is 15.7. The van der Waals surface area contributed by atoms with Gasteiger partial charge in [0.05, 0.1) is 11.4 Å². The van der Waals surface area contributed by atoms with Crippen LogP contribution in [0.15, 0.2) is 182 Å². The summed E-state index contributed by atoms with van der Waals surface area (Å²) in [7, 11) is 0. The van der Waals surface area contributed by atoms with Crippen LogP contribution in [-0.2, 0) is 5.41 Å². The normalized spacial score (nSPS) is 14.1. The highest BCUT2D eigenvalue weighted by Gasteiger charge is 2.52. The van der Waals surface area contributed by atoms with E-state index in [0.29, 0.717) is 11.1 Å². The van der Waals surface area contributed by atoms with E-state index in [1.54, 1.807) is 12.1 Å². The van der Waals surface area contributed by atoms with Gasteiger partial charge in [0.25, 0.3) is 6.71 Å². The molecule has 0 spiro atoms. The average molecular weight is 711 g/mol. The van der Waals surface area contributed by atoms with E-state index in [-0.39, 0.29) is 18.3 Å². The summed E-state index contributed by atoms with van der Waals surface area (Å²) in [4.78, 5) is 4.70. The smallest absolute Gasteiger partial charge is 0.252 e. The van der Waals surface area contributed by atoms with E-state index < -0.39 is 5.41 Å². The molecule has 11 rings (SSSR count). The van der Waals surface area contributed by atoms with Crippen molar-refractivity contribution in [1.82, 2.24) is 0 Å². The van der Waals surface area contributed by atoms with E-state index in [2.05, 4.69) is 114 Å². The molecule has 0 aromatic heterocycles. The van der Waals surface area contributed by atoms with Crippen molar-refractivity contribution < 1.29 is 8.78 Å². The van der Waals surface area contributed by atoms with Crippen LogP contribution in [0.1, 0.15) is 23.6 Å². The zero-order valence-electron chi connectivity index (χ0n) is 30.0. The van der Waals surface area contributed by atoms with Crippen LogP contribution < -0.4 is 26.2 Å². The quantitative estimate of drug-likeness (QED) is 0.164. The van der Waals surface area contributed by atoms with E-state index >= 15 is 8.78 Å². The summed E-state index contributed by atoms with van der Waals surface area (Å²) in [5.74, 6) is -0.526. The fourth-order valence-electron chi connectivity index (χ4n) is 9.79. The van der Waals surface area contributed by atoms with Crippen LogP contribution in [0, 0.1) is 11.6 Å². The molecule has 0 atom stereocenters. The summed E-state index contributed by atoms with van der Waals surface area (Å²) in [5, 5.41) is 0. The van der Waals surface area contributed by atoms with E-state index in [1.807, 2.05) is 60.7 Å². The van der Waals surface area contributed by atoms with E-state index in [9.17, 15) is 0 Å². The highest BCUT2D eigenvalue weighted by atomic mass is 19.1. The van der Waals surface area contributed by atoms with Crippen LogP contribution >= 0.6 is 0 Å². The van der Waals surface area contributed by atoms with Gasteiger partial charge in [0, 0.05) is 50.4 Å². The minimum atomic E-state index is -0.508. The van der Waals surface area contributed by atoms with Crippen LogP contribution in [0.2, 0.25) is 0 Å². The van der Waals surface area contributed by atoms with Crippen LogP contribution in [0.3, 0.4) is 0 Å². The molecule has 0 saturated heterocycles. The lowest BCUT2D eigenvalue weighted by Crippen LogP contribution is -2.67. The molecule has 8 aromatic rings. The predicted molar refractivity (Wildman–Crippen MR) is 223 cm³/mol. The Morgan fingerprint density at radius 2 is 0.727 bits per heavy atom. The molecule has 0 fully saturated rings. The van der Waals surface area contributed by atoms with Gasteiger partial charge in [0.15, 0.2) is 0 Å². The van der Waals surface area contributed by atoms with E-state index in [0.717, 1.165) is 45.3 Å². The monoisotopic (exact) mass is 710 g/mol. The molecule has 55 heavy (non-hydrogen) atoms. The lowest BCUT2D eigenvalue weighted by Gasteiger charge is -2.51. The number of halogens is 2. The molecule has 0 saturated carbocycles. The molecule has 8 aromatic carbocycles. The van der Waals surface area contributed by atoms with E-state index in [4.69, 9.17) is 0 Å². The number of anilines is 6. The third-order valence-electron chi connectivity index (χ3n) is 12.1. The fourth-order valence-corrected chi connectivity index (χ4v) is 9.79. The molecule has 0 unspecified atom stereocenters. The molecule has 5 heteroatoms. The number of benzene rings is 8. The number of rotatable bonds is 5. The summed E-state index contributed by atoms with van der Waals surface area (Å²) in [6, 6.07) is 61.0. The molecule has 0 radical (unpaired) electrons. The largest absolute Gasteiger partial charge is 0.311 e. The van der Waals surface area contributed by atoms with Gasteiger partial charge >= 0.3 is 0 Å². The first kappa shape index (κ1) is 31.8. The van der Waals surface area contributed by atoms with Crippen LogP contribution in [-0.4, -0.2) is 6.71 Å². The SMILES string of the molecule is CC1(c2ccccc2)c2cccc3c2B2c4c(cccc4N(c4ccccc4-c4ccccc4F)c4cccc1c42)N3c1ccccc1-c1ccccc1F.